The number of hydrogen-bond acceptors (Lipinski definition) is 5. The molecule has 1 atom stereocenters. The molecule has 4 rings (SSSR count). The number of nitrogens with zero attached hydrogens (tertiary/aromatic N) is 2. The predicted molar refractivity (Wildman–Crippen MR) is 102 cm³/mol. The summed E-state index contributed by atoms with van der Waals surface area (Å²) in [5, 5.41) is 12.8. The minimum Gasteiger partial charge on any atom is -0.497 e. The third-order valence-corrected chi connectivity index (χ3v) is 4.62. The molecule has 0 spiro atoms. The Labute approximate surface area is 156 Å². The average molecular weight is 368 g/mol. The Hall–Kier alpha value is -2.79. The monoisotopic (exact) mass is 367 g/mol. The summed E-state index contributed by atoms with van der Waals surface area (Å²) >= 11 is 6.13. The van der Waals surface area contributed by atoms with Crippen LogP contribution in [0.15, 0.2) is 54.6 Å². The molecule has 0 saturated carbocycles. The van der Waals surface area contributed by atoms with Crippen LogP contribution in [-0.4, -0.2) is 23.9 Å². The molecule has 26 heavy (non-hydrogen) atoms. The Morgan fingerprint density at radius 3 is 2.65 bits per heavy atom. The second kappa shape index (κ2) is 7.22. The second-order valence-corrected chi connectivity index (χ2v) is 6.48. The lowest BCUT2D eigenvalue weighted by Gasteiger charge is -2.27. The van der Waals surface area contributed by atoms with Crippen molar-refractivity contribution in [3.05, 3.63) is 65.2 Å². The number of anilines is 1. The number of rotatable bonds is 4. The lowest BCUT2D eigenvalue weighted by molar-refractivity contribution is 0.274. The van der Waals surface area contributed by atoms with E-state index < -0.39 is 0 Å². The molecule has 0 aliphatic carbocycles. The lowest BCUT2D eigenvalue weighted by Crippen LogP contribution is -2.21. The van der Waals surface area contributed by atoms with Gasteiger partial charge in [0.1, 0.15) is 17.3 Å². The van der Waals surface area contributed by atoms with Crippen LogP contribution >= 0.6 is 11.6 Å². The highest BCUT2D eigenvalue weighted by molar-refractivity contribution is 6.30. The molecule has 1 N–H and O–H groups in total. The summed E-state index contributed by atoms with van der Waals surface area (Å²) in [6.45, 7) is 0.656. The number of halogens is 1. The number of nitrogens with one attached hydrogen (secondary N) is 1. The van der Waals surface area contributed by atoms with Gasteiger partial charge in [-0.1, -0.05) is 11.6 Å². The fourth-order valence-corrected chi connectivity index (χ4v) is 3.20. The first kappa shape index (κ1) is 16.7. The zero-order chi connectivity index (χ0) is 17.9. The van der Waals surface area contributed by atoms with E-state index in [1.807, 2.05) is 54.6 Å². The van der Waals surface area contributed by atoms with Gasteiger partial charge in [0.05, 0.1) is 25.5 Å². The Kier molecular flexibility index (Phi) is 4.63. The lowest BCUT2D eigenvalue weighted by atomic mass is 10.0. The van der Waals surface area contributed by atoms with Crippen LogP contribution in [0.1, 0.15) is 18.0 Å². The van der Waals surface area contributed by atoms with Crippen LogP contribution in [0.5, 0.6) is 11.5 Å². The maximum atomic E-state index is 6.13. The molecule has 5 nitrogen and oxygen atoms in total. The first-order valence-corrected chi connectivity index (χ1v) is 8.78. The third kappa shape index (κ3) is 3.44. The zero-order valence-corrected chi connectivity index (χ0v) is 15.0. The van der Waals surface area contributed by atoms with Crippen molar-refractivity contribution in [2.75, 3.05) is 19.0 Å². The van der Waals surface area contributed by atoms with E-state index in [0.29, 0.717) is 11.6 Å². The molecule has 2 heterocycles. The van der Waals surface area contributed by atoms with Crippen LogP contribution in [0.25, 0.3) is 11.3 Å². The second-order valence-electron chi connectivity index (χ2n) is 6.05. The van der Waals surface area contributed by atoms with E-state index in [9.17, 15) is 0 Å². The highest BCUT2D eigenvalue weighted by Gasteiger charge is 2.22. The van der Waals surface area contributed by atoms with E-state index >= 15 is 0 Å². The van der Waals surface area contributed by atoms with Gasteiger partial charge >= 0.3 is 0 Å². The van der Waals surface area contributed by atoms with Crippen LogP contribution in [0.3, 0.4) is 0 Å². The molecule has 1 unspecified atom stereocenters. The average Bonchev–Trinajstić information content (AvgIpc) is 2.69. The fourth-order valence-electron chi connectivity index (χ4n) is 3.02. The van der Waals surface area contributed by atoms with Crippen LogP contribution in [-0.2, 0) is 0 Å². The molecule has 132 valence electrons. The Morgan fingerprint density at radius 1 is 1.08 bits per heavy atom. The summed E-state index contributed by atoms with van der Waals surface area (Å²) in [6, 6.07) is 17.4. The molecule has 0 amide bonds. The molecule has 0 fully saturated rings. The van der Waals surface area contributed by atoms with E-state index in [2.05, 4.69) is 15.5 Å². The normalized spacial score (nSPS) is 15.7. The summed E-state index contributed by atoms with van der Waals surface area (Å²) < 4.78 is 10.9. The maximum absolute atomic E-state index is 6.13. The van der Waals surface area contributed by atoms with Gasteiger partial charge in [0.25, 0.3) is 0 Å². The van der Waals surface area contributed by atoms with Gasteiger partial charge in [0.15, 0.2) is 0 Å². The largest absolute Gasteiger partial charge is 0.497 e. The number of methoxy groups -OCH3 is 1. The fraction of sp³-hybridized carbons (Fsp3) is 0.200. The number of aromatic nitrogens is 2. The summed E-state index contributed by atoms with van der Waals surface area (Å²) in [5.74, 6) is 2.40. The molecule has 0 saturated heterocycles. The summed E-state index contributed by atoms with van der Waals surface area (Å²) in [6.07, 6.45) is 0.843. The van der Waals surface area contributed by atoms with Gasteiger partial charge in [-0.15, -0.1) is 10.2 Å². The third-order valence-electron chi connectivity index (χ3n) is 4.38. The highest BCUT2D eigenvalue weighted by Crippen LogP contribution is 2.35. The van der Waals surface area contributed by atoms with Crippen LogP contribution in [0.2, 0.25) is 5.02 Å². The molecule has 0 radical (unpaired) electrons. The molecule has 1 aliphatic heterocycles. The van der Waals surface area contributed by atoms with Gasteiger partial charge in [-0.25, -0.2) is 0 Å². The summed E-state index contributed by atoms with van der Waals surface area (Å²) in [4.78, 5) is 0. The van der Waals surface area contributed by atoms with Crippen LogP contribution in [0.4, 0.5) is 5.82 Å². The molecule has 3 aromatic rings. The van der Waals surface area contributed by atoms with Gasteiger partial charge in [0.2, 0.25) is 0 Å². The summed E-state index contributed by atoms with van der Waals surface area (Å²) in [5.41, 5.74) is 2.85. The van der Waals surface area contributed by atoms with Crippen molar-refractivity contribution in [1.29, 1.82) is 0 Å². The Balaban J connectivity index is 1.52. The van der Waals surface area contributed by atoms with Gasteiger partial charge in [-0.3, -0.25) is 0 Å². The molecular weight excluding hydrogens is 350 g/mol. The van der Waals surface area contributed by atoms with Crippen molar-refractivity contribution in [2.45, 2.75) is 12.5 Å². The number of fused-ring (bicyclic) bond motifs is 1. The Morgan fingerprint density at radius 2 is 1.92 bits per heavy atom. The molecule has 1 aliphatic rings. The smallest absolute Gasteiger partial charge is 0.149 e. The van der Waals surface area contributed by atoms with E-state index in [4.69, 9.17) is 21.1 Å². The highest BCUT2D eigenvalue weighted by atomic mass is 35.5. The maximum Gasteiger partial charge on any atom is 0.149 e. The number of ether oxygens (including phenoxy) is 2. The van der Waals surface area contributed by atoms with Crippen molar-refractivity contribution in [3.63, 3.8) is 0 Å². The standard InChI is InChI=1S/C20H18ClN3O2/c1-25-15-5-2-13(3-6-15)17-7-9-20(24-23-17)22-18-10-11-26-19-8-4-14(21)12-16(18)19/h2-9,12,18H,10-11H2,1H3,(H,22,24). The quantitative estimate of drug-likeness (QED) is 0.721. The first-order chi connectivity index (χ1) is 12.7. The molecule has 1 aromatic heterocycles. The van der Waals surface area contributed by atoms with E-state index in [1.54, 1.807) is 7.11 Å². The van der Waals surface area contributed by atoms with Gasteiger partial charge in [0, 0.05) is 22.6 Å². The Bertz CT molecular complexity index is 898. The molecular formula is C20H18ClN3O2. The van der Waals surface area contributed by atoms with Gasteiger partial charge in [-0.05, 0) is 54.6 Å². The van der Waals surface area contributed by atoms with Crippen molar-refractivity contribution >= 4 is 17.4 Å². The first-order valence-electron chi connectivity index (χ1n) is 8.40. The van der Waals surface area contributed by atoms with E-state index in [1.165, 1.54) is 0 Å². The van der Waals surface area contributed by atoms with Crippen molar-refractivity contribution < 1.29 is 9.47 Å². The van der Waals surface area contributed by atoms with E-state index in [0.717, 1.165) is 40.6 Å². The number of benzene rings is 2. The predicted octanol–water partition coefficient (Wildman–Crippen LogP) is 4.74. The SMILES string of the molecule is COc1ccc(-c2ccc(NC3CCOc4ccc(Cl)cc43)nn2)cc1. The molecule has 6 heteroatoms. The molecule has 2 aromatic carbocycles. The van der Waals surface area contributed by atoms with Crippen molar-refractivity contribution in [3.8, 4) is 22.8 Å². The topological polar surface area (TPSA) is 56.3 Å². The van der Waals surface area contributed by atoms with Crippen LogP contribution in [0, 0.1) is 0 Å². The molecule has 0 bridgehead atoms. The van der Waals surface area contributed by atoms with E-state index in [-0.39, 0.29) is 6.04 Å². The van der Waals surface area contributed by atoms with Crippen molar-refractivity contribution in [2.24, 2.45) is 0 Å². The minimum atomic E-state index is 0.0959. The van der Waals surface area contributed by atoms with Crippen LogP contribution < -0.4 is 14.8 Å². The number of hydrogen-bond donors (Lipinski definition) is 1. The zero-order valence-electron chi connectivity index (χ0n) is 14.3. The van der Waals surface area contributed by atoms with Gasteiger partial charge < -0.3 is 14.8 Å². The van der Waals surface area contributed by atoms with Crippen molar-refractivity contribution in [1.82, 2.24) is 10.2 Å². The minimum absolute atomic E-state index is 0.0959. The summed E-state index contributed by atoms with van der Waals surface area (Å²) in [7, 11) is 1.65. The van der Waals surface area contributed by atoms with Gasteiger partial charge in [-0.2, -0.15) is 0 Å².